The first-order valence-electron chi connectivity index (χ1n) is 7.49. The molecule has 1 saturated carbocycles. The standard InChI is InChI=1S/C16H22O2S/c1-2-12-6-10-19-15(12)14(17)13-5-9-18-16(11-13)7-3-4-8-16/h6,10,13H,2-5,7-9,11H2,1H3. The first kappa shape index (κ1) is 13.3. The summed E-state index contributed by atoms with van der Waals surface area (Å²) in [6.45, 7) is 2.89. The van der Waals surface area contributed by atoms with Crippen LogP contribution in [0.25, 0.3) is 0 Å². The summed E-state index contributed by atoms with van der Waals surface area (Å²) in [5.41, 5.74) is 1.27. The quantitative estimate of drug-likeness (QED) is 0.773. The number of hydrogen-bond donors (Lipinski definition) is 0. The lowest BCUT2D eigenvalue weighted by molar-refractivity contribution is -0.0866. The largest absolute Gasteiger partial charge is 0.375 e. The van der Waals surface area contributed by atoms with E-state index in [-0.39, 0.29) is 11.5 Å². The maximum atomic E-state index is 12.7. The molecule has 2 nitrogen and oxygen atoms in total. The molecule has 104 valence electrons. The van der Waals surface area contributed by atoms with Gasteiger partial charge in [-0.15, -0.1) is 11.3 Å². The van der Waals surface area contributed by atoms with Gasteiger partial charge in [-0.2, -0.15) is 0 Å². The average molecular weight is 278 g/mol. The molecule has 19 heavy (non-hydrogen) atoms. The van der Waals surface area contributed by atoms with Gasteiger partial charge in [0, 0.05) is 12.5 Å². The normalized spacial score (nSPS) is 25.8. The Morgan fingerprint density at radius 2 is 2.26 bits per heavy atom. The SMILES string of the molecule is CCc1ccsc1C(=O)C1CCOC2(CCCC2)C1. The van der Waals surface area contributed by atoms with E-state index in [2.05, 4.69) is 18.4 Å². The van der Waals surface area contributed by atoms with Gasteiger partial charge in [0.2, 0.25) is 0 Å². The van der Waals surface area contributed by atoms with Crippen LogP contribution >= 0.6 is 11.3 Å². The molecular formula is C16H22O2S. The lowest BCUT2D eigenvalue weighted by Crippen LogP contribution is -2.39. The Bertz CT molecular complexity index is 457. The minimum absolute atomic E-state index is 0.0439. The van der Waals surface area contributed by atoms with Crippen molar-refractivity contribution in [2.75, 3.05) is 6.61 Å². The summed E-state index contributed by atoms with van der Waals surface area (Å²) < 4.78 is 6.03. The van der Waals surface area contributed by atoms with Crippen molar-refractivity contribution in [3.63, 3.8) is 0 Å². The maximum absolute atomic E-state index is 12.7. The second kappa shape index (κ2) is 5.37. The van der Waals surface area contributed by atoms with Crippen LogP contribution in [0, 0.1) is 5.92 Å². The number of ether oxygens (including phenoxy) is 1. The third kappa shape index (κ3) is 2.50. The van der Waals surface area contributed by atoms with E-state index in [9.17, 15) is 4.79 Å². The van der Waals surface area contributed by atoms with Crippen LogP contribution in [0.1, 0.15) is 60.7 Å². The van der Waals surface area contributed by atoms with Crippen LogP contribution in [0.15, 0.2) is 11.4 Å². The lowest BCUT2D eigenvalue weighted by atomic mass is 9.81. The molecule has 3 heteroatoms. The van der Waals surface area contributed by atoms with E-state index in [0.717, 1.165) is 43.6 Å². The van der Waals surface area contributed by atoms with Gasteiger partial charge in [-0.25, -0.2) is 0 Å². The highest BCUT2D eigenvalue weighted by molar-refractivity contribution is 7.12. The zero-order valence-electron chi connectivity index (χ0n) is 11.6. The van der Waals surface area contributed by atoms with Crippen molar-refractivity contribution in [3.8, 4) is 0 Å². The van der Waals surface area contributed by atoms with Gasteiger partial charge in [0.05, 0.1) is 10.5 Å². The molecule has 1 unspecified atom stereocenters. The molecule has 1 aliphatic heterocycles. The Kier molecular flexibility index (Phi) is 3.77. The molecule has 1 aliphatic carbocycles. The van der Waals surface area contributed by atoms with E-state index in [1.165, 1.54) is 18.4 Å². The molecule has 0 amide bonds. The highest BCUT2D eigenvalue weighted by Crippen LogP contribution is 2.43. The first-order chi connectivity index (χ1) is 9.24. The van der Waals surface area contributed by atoms with Crippen LogP contribution < -0.4 is 0 Å². The number of rotatable bonds is 3. The molecule has 2 aliphatic rings. The molecule has 2 fully saturated rings. The van der Waals surface area contributed by atoms with E-state index >= 15 is 0 Å². The number of carbonyl (C=O) groups is 1. The van der Waals surface area contributed by atoms with Gasteiger partial charge in [0.15, 0.2) is 5.78 Å². The number of ketones is 1. The fraction of sp³-hybridized carbons (Fsp3) is 0.688. The third-order valence-corrected chi connectivity index (χ3v) is 5.70. The number of Topliss-reactive ketones (excluding diaryl/α,β-unsaturated/α-hetero) is 1. The van der Waals surface area contributed by atoms with E-state index in [4.69, 9.17) is 4.74 Å². The van der Waals surface area contributed by atoms with Crippen LogP contribution in [0.3, 0.4) is 0 Å². The molecular weight excluding hydrogens is 256 g/mol. The zero-order valence-corrected chi connectivity index (χ0v) is 12.4. The van der Waals surface area contributed by atoms with Crippen LogP contribution in [0.4, 0.5) is 0 Å². The van der Waals surface area contributed by atoms with E-state index < -0.39 is 0 Å². The average Bonchev–Trinajstić information content (AvgIpc) is 3.07. The van der Waals surface area contributed by atoms with Crippen molar-refractivity contribution >= 4 is 17.1 Å². The Morgan fingerprint density at radius 1 is 1.47 bits per heavy atom. The summed E-state index contributed by atoms with van der Waals surface area (Å²) >= 11 is 1.62. The van der Waals surface area contributed by atoms with Gasteiger partial charge >= 0.3 is 0 Å². The maximum Gasteiger partial charge on any atom is 0.176 e. The number of thiophene rings is 1. The predicted molar refractivity (Wildman–Crippen MR) is 77.9 cm³/mol. The highest BCUT2D eigenvalue weighted by atomic mass is 32.1. The molecule has 1 aromatic rings. The van der Waals surface area contributed by atoms with Crippen molar-refractivity contribution in [3.05, 3.63) is 21.9 Å². The number of aryl methyl sites for hydroxylation is 1. The van der Waals surface area contributed by atoms with Crippen molar-refractivity contribution < 1.29 is 9.53 Å². The molecule has 2 heterocycles. The van der Waals surface area contributed by atoms with Crippen molar-refractivity contribution in [2.45, 2.75) is 57.5 Å². The van der Waals surface area contributed by atoms with Crippen molar-refractivity contribution in [2.24, 2.45) is 5.92 Å². The summed E-state index contributed by atoms with van der Waals surface area (Å²) in [5.74, 6) is 0.567. The molecule has 1 atom stereocenters. The van der Waals surface area contributed by atoms with Gasteiger partial charge in [-0.05, 0) is 49.1 Å². The Labute approximate surface area is 119 Å². The van der Waals surface area contributed by atoms with Gasteiger partial charge in [-0.1, -0.05) is 19.8 Å². The van der Waals surface area contributed by atoms with Crippen molar-refractivity contribution in [1.82, 2.24) is 0 Å². The van der Waals surface area contributed by atoms with Crippen LogP contribution in [-0.2, 0) is 11.2 Å². The first-order valence-corrected chi connectivity index (χ1v) is 8.36. The number of hydrogen-bond acceptors (Lipinski definition) is 3. The van der Waals surface area contributed by atoms with E-state index in [1.807, 2.05) is 0 Å². The second-order valence-corrected chi connectivity index (χ2v) is 6.84. The fourth-order valence-corrected chi connectivity index (χ4v) is 4.65. The number of carbonyl (C=O) groups excluding carboxylic acids is 1. The molecule has 1 aromatic heterocycles. The van der Waals surface area contributed by atoms with Crippen LogP contribution in [0.2, 0.25) is 0 Å². The van der Waals surface area contributed by atoms with Gasteiger partial charge in [0.25, 0.3) is 0 Å². The summed E-state index contributed by atoms with van der Waals surface area (Å²) in [7, 11) is 0. The molecule has 0 aromatic carbocycles. The van der Waals surface area contributed by atoms with Gasteiger partial charge < -0.3 is 4.74 Å². The minimum Gasteiger partial charge on any atom is -0.375 e. The molecule has 1 spiro atoms. The molecule has 1 saturated heterocycles. The summed E-state index contributed by atoms with van der Waals surface area (Å²) in [5, 5.41) is 2.05. The molecule has 3 rings (SSSR count). The Hall–Kier alpha value is -0.670. The van der Waals surface area contributed by atoms with E-state index in [1.54, 1.807) is 11.3 Å². The zero-order chi connectivity index (χ0) is 13.3. The van der Waals surface area contributed by atoms with Crippen LogP contribution in [0.5, 0.6) is 0 Å². The van der Waals surface area contributed by atoms with Gasteiger partial charge in [0.1, 0.15) is 0 Å². The predicted octanol–water partition coefficient (Wildman–Crippen LogP) is 4.23. The Balaban J connectivity index is 1.76. The minimum atomic E-state index is 0.0439. The molecule has 0 N–H and O–H groups in total. The summed E-state index contributed by atoms with van der Waals surface area (Å²) in [6.07, 6.45) is 7.65. The third-order valence-electron chi connectivity index (χ3n) is 4.73. The monoisotopic (exact) mass is 278 g/mol. The second-order valence-electron chi connectivity index (χ2n) is 5.92. The topological polar surface area (TPSA) is 26.3 Å². The van der Waals surface area contributed by atoms with Crippen molar-refractivity contribution in [1.29, 1.82) is 0 Å². The highest BCUT2D eigenvalue weighted by Gasteiger charge is 2.42. The molecule has 0 bridgehead atoms. The smallest absolute Gasteiger partial charge is 0.176 e. The molecule has 0 radical (unpaired) electrons. The Morgan fingerprint density at radius 3 is 3.00 bits per heavy atom. The summed E-state index contributed by atoms with van der Waals surface area (Å²) in [4.78, 5) is 13.7. The van der Waals surface area contributed by atoms with Gasteiger partial charge in [-0.3, -0.25) is 4.79 Å². The van der Waals surface area contributed by atoms with E-state index in [0.29, 0.717) is 5.78 Å². The summed E-state index contributed by atoms with van der Waals surface area (Å²) in [6, 6.07) is 2.10. The lowest BCUT2D eigenvalue weighted by Gasteiger charge is -2.37. The fourth-order valence-electron chi connectivity index (χ4n) is 3.64. The van der Waals surface area contributed by atoms with Crippen LogP contribution in [-0.4, -0.2) is 18.0 Å².